The van der Waals surface area contributed by atoms with Gasteiger partial charge in [-0.1, -0.05) is 0 Å². The maximum absolute atomic E-state index is 5.25. The molecule has 0 spiro atoms. The lowest BCUT2D eigenvalue weighted by molar-refractivity contribution is -0.320. The average Bonchev–Trinajstić information content (AvgIpc) is 1.88. The van der Waals surface area contributed by atoms with Crippen molar-refractivity contribution in [1.82, 2.24) is 0 Å². The molecule has 10 heavy (non-hydrogen) atoms. The second kappa shape index (κ2) is 3.91. The third-order valence-electron chi connectivity index (χ3n) is 1.18. The summed E-state index contributed by atoms with van der Waals surface area (Å²) in [6.07, 6.45) is 1.14. The van der Waals surface area contributed by atoms with Crippen molar-refractivity contribution in [1.29, 1.82) is 0 Å². The molecule has 1 aliphatic rings. The van der Waals surface area contributed by atoms with Gasteiger partial charge in [-0.3, -0.25) is 0 Å². The van der Waals surface area contributed by atoms with Crippen LogP contribution < -0.4 is 0 Å². The molecule has 0 bridgehead atoms. The Morgan fingerprint density at radius 3 is 2.40 bits per heavy atom. The molecule has 0 N–H and O–H groups in total. The van der Waals surface area contributed by atoms with Crippen LogP contribution in [-0.4, -0.2) is 25.8 Å². The molecule has 0 unspecified atom stereocenters. The van der Waals surface area contributed by atoms with Crippen LogP contribution in [0.25, 0.3) is 0 Å². The Bertz CT molecular complexity index is 86.9. The van der Waals surface area contributed by atoms with Crippen LogP contribution in [0, 0.1) is 0 Å². The third-order valence-corrected chi connectivity index (χ3v) is 1.18. The largest absolute Gasteiger partial charge is 0.330 e. The number of hydrogen-bond donors (Lipinski definition) is 0. The molecule has 0 amide bonds. The molecular weight excluding hydrogens is 132 g/mol. The van der Waals surface area contributed by atoms with E-state index in [9.17, 15) is 0 Å². The fraction of sp³-hybridized carbons (Fsp3) is 1.00. The lowest BCUT2D eigenvalue weighted by Gasteiger charge is -2.24. The molecule has 0 radical (unpaired) electrons. The van der Waals surface area contributed by atoms with Crippen molar-refractivity contribution in [3.63, 3.8) is 0 Å². The molecule has 0 atom stereocenters. The molecule has 0 aromatic rings. The standard InChI is InChI=1S/C7H14O3/c1-6(2)10-7-8-4-3-5-9-7/h6-7H,3-5H2,1-2H3. The van der Waals surface area contributed by atoms with Gasteiger partial charge in [0.05, 0.1) is 19.3 Å². The Morgan fingerprint density at radius 1 is 1.30 bits per heavy atom. The van der Waals surface area contributed by atoms with E-state index in [2.05, 4.69) is 0 Å². The zero-order valence-corrected chi connectivity index (χ0v) is 6.50. The summed E-state index contributed by atoms with van der Waals surface area (Å²) < 4.78 is 15.5. The van der Waals surface area contributed by atoms with Gasteiger partial charge in [0, 0.05) is 0 Å². The maximum atomic E-state index is 5.25. The maximum Gasteiger partial charge on any atom is 0.271 e. The molecule has 0 aromatic heterocycles. The van der Waals surface area contributed by atoms with E-state index in [0.29, 0.717) is 0 Å². The van der Waals surface area contributed by atoms with Crippen LogP contribution in [0.1, 0.15) is 20.3 Å². The van der Waals surface area contributed by atoms with E-state index in [1.807, 2.05) is 13.8 Å². The topological polar surface area (TPSA) is 27.7 Å². The first-order valence-corrected chi connectivity index (χ1v) is 3.67. The van der Waals surface area contributed by atoms with Crippen LogP contribution >= 0.6 is 0 Å². The summed E-state index contributed by atoms with van der Waals surface area (Å²) in [5, 5.41) is 0. The SMILES string of the molecule is CC(C)OC1OCCCO1. The van der Waals surface area contributed by atoms with Crippen molar-refractivity contribution in [2.45, 2.75) is 32.8 Å². The third kappa shape index (κ3) is 2.64. The van der Waals surface area contributed by atoms with E-state index in [-0.39, 0.29) is 6.10 Å². The first-order chi connectivity index (χ1) is 4.79. The van der Waals surface area contributed by atoms with Gasteiger partial charge in [0.2, 0.25) is 0 Å². The highest BCUT2D eigenvalue weighted by molar-refractivity contribution is 4.43. The average molecular weight is 146 g/mol. The highest BCUT2D eigenvalue weighted by Gasteiger charge is 2.15. The lowest BCUT2D eigenvalue weighted by Crippen LogP contribution is -2.29. The summed E-state index contributed by atoms with van der Waals surface area (Å²) in [7, 11) is 0. The quantitative estimate of drug-likeness (QED) is 0.584. The monoisotopic (exact) mass is 146 g/mol. The van der Waals surface area contributed by atoms with E-state index in [0.717, 1.165) is 19.6 Å². The van der Waals surface area contributed by atoms with Crippen LogP contribution in [0.4, 0.5) is 0 Å². The van der Waals surface area contributed by atoms with Crippen molar-refractivity contribution in [3.8, 4) is 0 Å². The number of hydrogen-bond acceptors (Lipinski definition) is 3. The van der Waals surface area contributed by atoms with Gasteiger partial charge in [-0.05, 0) is 20.3 Å². The predicted molar refractivity (Wildman–Crippen MR) is 36.5 cm³/mol. The van der Waals surface area contributed by atoms with Crippen LogP contribution in [-0.2, 0) is 14.2 Å². The molecule has 3 nitrogen and oxygen atoms in total. The normalized spacial score (nSPS) is 21.9. The molecule has 60 valence electrons. The summed E-state index contributed by atoms with van der Waals surface area (Å²) in [6, 6.07) is 0. The van der Waals surface area contributed by atoms with Crippen molar-refractivity contribution in [3.05, 3.63) is 0 Å². The first-order valence-electron chi connectivity index (χ1n) is 3.67. The first kappa shape index (κ1) is 7.98. The van der Waals surface area contributed by atoms with E-state index in [4.69, 9.17) is 14.2 Å². The fourth-order valence-corrected chi connectivity index (χ4v) is 0.767. The molecule has 1 fully saturated rings. The smallest absolute Gasteiger partial charge is 0.271 e. The lowest BCUT2D eigenvalue weighted by atomic mass is 10.5. The molecular formula is C7H14O3. The van der Waals surface area contributed by atoms with Gasteiger partial charge >= 0.3 is 0 Å². The van der Waals surface area contributed by atoms with Crippen LogP contribution in [0.15, 0.2) is 0 Å². The molecule has 0 saturated carbocycles. The minimum atomic E-state index is -0.422. The summed E-state index contributed by atoms with van der Waals surface area (Å²) in [5.41, 5.74) is 0. The predicted octanol–water partition coefficient (Wildman–Crippen LogP) is 1.13. The number of ether oxygens (including phenoxy) is 3. The van der Waals surface area contributed by atoms with E-state index >= 15 is 0 Å². The van der Waals surface area contributed by atoms with Gasteiger partial charge in [0.15, 0.2) is 0 Å². The zero-order valence-electron chi connectivity index (χ0n) is 6.50. The summed E-state index contributed by atoms with van der Waals surface area (Å²) in [5.74, 6) is 0. The molecule has 0 aliphatic carbocycles. The molecule has 1 rings (SSSR count). The highest BCUT2D eigenvalue weighted by Crippen LogP contribution is 2.07. The molecule has 0 aromatic carbocycles. The second-order valence-electron chi connectivity index (χ2n) is 2.57. The van der Waals surface area contributed by atoms with Gasteiger partial charge in [0.1, 0.15) is 0 Å². The Balaban J connectivity index is 2.13. The van der Waals surface area contributed by atoms with Gasteiger partial charge in [0.25, 0.3) is 6.48 Å². The summed E-state index contributed by atoms with van der Waals surface area (Å²) in [4.78, 5) is 0. The summed E-state index contributed by atoms with van der Waals surface area (Å²) in [6.45, 7) is 4.99. The molecule has 1 heterocycles. The van der Waals surface area contributed by atoms with Gasteiger partial charge in [-0.2, -0.15) is 0 Å². The van der Waals surface area contributed by atoms with E-state index in [1.165, 1.54) is 0 Å². The van der Waals surface area contributed by atoms with Crippen molar-refractivity contribution in [2.24, 2.45) is 0 Å². The summed E-state index contributed by atoms with van der Waals surface area (Å²) >= 11 is 0. The van der Waals surface area contributed by atoms with E-state index < -0.39 is 6.48 Å². The molecule has 1 saturated heterocycles. The van der Waals surface area contributed by atoms with Gasteiger partial charge < -0.3 is 14.2 Å². The van der Waals surface area contributed by atoms with Crippen molar-refractivity contribution >= 4 is 0 Å². The zero-order chi connectivity index (χ0) is 7.40. The second-order valence-corrected chi connectivity index (χ2v) is 2.57. The number of rotatable bonds is 2. The fourth-order valence-electron chi connectivity index (χ4n) is 0.767. The Labute approximate surface area is 61.3 Å². The van der Waals surface area contributed by atoms with Crippen LogP contribution in [0.3, 0.4) is 0 Å². The minimum absolute atomic E-state index is 0.170. The van der Waals surface area contributed by atoms with Crippen LogP contribution in [0.5, 0.6) is 0 Å². The van der Waals surface area contributed by atoms with E-state index in [1.54, 1.807) is 0 Å². The van der Waals surface area contributed by atoms with Crippen molar-refractivity contribution < 1.29 is 14.2 Å². The molecule has 3 heteroatoms. The van der Waals surface area contributed by atoms with Gasteiger partial charge in [-0.15, -0.1) is 0 Å². The van der Waals surface area contributed by atoms with Gasteiger partial charge in [-0.25, -0.2) is 0 Å². The Kier molecular flexibility index (Phi) is 3.12. The van der Waals surface area contributed by atoms with Crippen LogP contribution in [0.2, 0.25) is 0 Å². The molecule has 1 aliphatic heterocycles. The Hall–Kier alpha value is -0.120. The van der Waals surface area contributed by atoms with Crippen molar-refractivity contribution in [2.75, 3.05) is 13.2 Å². The minimum Gasteiger partial charge on any atom is -0.330 e. The Morgan fingerprint density at radius 2 is 1.90 bits per heavy atom. The highest BCUT2D eigenvalue weighted by atomic mass is 16.8.